The van der Waals surface area contributed by atoms with Gasteiger partial charge in [0.15, 0.2) is 5.78 Å². The molecule has 21 heavy (non-hydrogen) atoms. The second-order valence-electron chi connectivity index (χ2n) is 5.21. The van der Waals surface area contributed by atoms with E-state index in [0.717, 1.165) is 31.5 Å². The molecule has 0 radical (unpaired) electrons. The Bertz CT molecular complexity index is 541. The Labute approximate surface area is 124 Å². The molecule has 0 bridgehead atoms. The van der Waals surface area contributed by atoms with Crippen molar-refractivity contribution in [1.29, 1.82) is 0 Å². The van der Waals surface area contributed by atoms with Crippen LogP contribution >= 0.6 is 0 Å². The number of phenols is 1. The third kappa shape index (κ3) is 3.35. The molecule has 1 aliphatic rings. The summed E-state index contributed by atoms with van der Waals surface area (Å²) in [7, 11) is 0. The standard InChI is InChI=1S/C16H21NO4/c1-3-21-16(20)14-6-4-5-9-17(14)12-7-8-13(11(2)18)15(19)10-12/h7-8,10,14,19H,3-6,9H2,1-2H3. The Morgan fingerprint density at radius 3 is 2.76 bits per heavy atom. The Morgan fingerprint density at radius 1 is 1.38 bits per heavy atom. The van der Waals surface area contributed by atoms with Gasteiger partial charge in [-0.05, 0) is 45.2 Å². The number of piperidine rings is 1. The number of ketones is 1. The Hall–Kier alpha value is -2.04. The smallest absolute Gasteiger partial charge is 0.328 e. The first-order valence-corrected chi connectivity index (χ1v) is 7.31. The molecule has 1 unspecified atom stereocenters. The Kier molecular flexibility index (Phi) is 4.83. The molecule has 1 atom stereocenters. The molecule has 1 aromatic rings. The minimum atomic E-state index is -0.318. The van der Waals surface area contributed by atoms with Gasteiger partial charge in [0.2, 0.25) is 0 Å². The van der Waals surface area contributed by atoms with Gasteiger partial charge in [-0.2, -0.15) is 0 Å². The molecule has 114 valence electrons. The van der Waals surface area contributed by atoms with Crippen molar-refractivity contribution in [2.75, 3.05) is 18.1 Å². The zero-order valence-electron chi connectivity index (χ0n) is 12.5. The number of esters is 1. The van der Waals surface area contributed by atoms with Crippen LogP contribution in [0.25, 0.3) is 0 Å². The SMILES string of the molecule is CCOC(=O)C1CCCCN1c1ccc(C(C)=O)c(O)c1. The van der Waals surface area contributed by atoms with Crippen LogP contribution in [0.1, 0.15) is 43.5 Å². The van der Waals surface area contributed by atoms with Gasteiger partial charge in [-0.15, -0.1) is 0 Å². The predicted octanol–water partition coefficient (Wildman–Crippen LogP) is 2.52. The highest BCUT2D eigenvalue weighted by Gasteiger charge is 2.30. The fourth-order valence-electron chi connectivity index (χ4n) is 2.72. The Morgan fingerprint density at radius 2 is 2.14 bits per heavy atom. The second kappa shape index (κ2) is 6.61. The van der Waals surface area contributed by atoms with Gasteiger partial charge in [0, 0.05) is 18.3 Å². The molecule has 1 aromatic carbocycles. The molecular weight excluding hydrogens is 270 g/mol. The summed E-state index contributed by atoms with van der Waals surface area (Å²) >= 11 is 0. The van der Waals surface area contributed by atoms with E-state index < -0.39 is 0 Å². The fourth-order valence-corrected chi connectivity index (χ4v) is 2.72. The van der Waals surface area contributed by atoms with Gasteiger partial charge in [0.05, 0.1) is 12.2 Å². The first kappa shape index (κ1) is 15.4. The largest absolute Gasteiger partial charge is 0.507 e. The highest BCUT2D eigenvalue weighted by atomic mass is 16.5. The van der Waals surface area contributed by atoms with Gasteiger partial charge < -0.3 is 14.7 Å². The van der Waals surface area contributed by atoms with Crippen molar-refractivity contribution in [1.82, 2.24) is 0 Å². The van der Waals surface area contributed by atoms with E-state index >= 15 is 0 Å². The van der Waals surface area contributed by atoms with Gasteiger partial charge in [-0.3, -0.25) is 4.79 Å². The summed E-state index contributed by atoms with van der Waals surface area (Å²) in [5.41, 5.74) is 1.04. The summed E-state index contributed by atoms with van der Waals surface area (Å²) < 4.78 is 5.13. The molecular formula is C16H21NO4. The first-order chi connectivity index (χ1) is 10.0. The van der Waals surface area contributed by atoms with E-state index in [2.05, 4.69) is 0 Å². The monoisotopic (exact) mass is 291 g/mol. The van der Waals surface area contributed by atoms with Crippen LogP contribution in [-0.2, 0) is 9.53 Å². The molecule has 1 N–H and O–H groups in total. The average Bonchev–Trinajstić information content (AvgIpc) is 2.47. The van der Waals surface area contributed by atoms with E-state index in [9.17, 15) is 14.7 Å². The van der Waals surface area contributed by atoms with Crippen molar-refractivity contribution in [3.8, 4) is 5.75 Å². The molecule has 0 amide bonds. The molecule has 1 aliphatic heterocycles. The number of nitrogens with zero attached hydrogens (tertiary/aromatic N) is 1. The van der Waals surface area contributed by atoms with Gasteiger partial charge in [0.1, 0.15) is 11.8 Å². The summed E-state index contributed by atoms with van der Waals surface area (Å²) in [6.07, 6.45) is 2.72. The number of hydrogen-bond acceptors (Lipinski definition) is 5. The van der Waals surface area contributed by atoms with Crippen LogP contribution in [-0.4, -0.2) is 36.1 Å². The van der Waals surface area contributed by atoms with E-state index in [1.54, 1.807) is 25.1 Å². The van der Waals surface area contributed by atoms with E-state index in [1.807, 2.05) is 4.90 Å². The number of rotatable bonds is 4. The minimum Gasteiger partial charge on any atom is -0.507 e. The van der Waals surface area contributed by atoms with Crippen molar-refractivity contribution in [2.24, 2.45) is 0 Å². The highest BCUT2D eigenvalue weighted by molar-refractivity contribution is 5.97. The topological polar surface area (TPSA) is 66.8 Å². The summed E-state index contributed by atoms with van der Waals surface area (Å²) in [6.45, 7) is 4.30. The second-order valence-corrected chi connectivity index (χ2v) is 5.21. The van der Waals surface area contributed by atoms with Gasteiger partial charge >= 0.3 is 5.97 Å². The lowest BCUT2D eigenvalue weighted by Gasteiger charge is -2.36. The number of carbonyl (C=O) groups excluding carboxylic acids is 2. The van der Waals surface area contributed by atoms with Crippen LogP contribution in [0.2, 0.25) is 0 Å². The van der Waals surface area contributed by atoms with E-state index in [4.69, 9.17) is 4.74 Å². The molecule has 5 heteroatoms. The summed E-state index contributed by atoms with van der Waals surface area (Å²) in [4.78, 5) is 25.4. The molecule has 0 saturated carbocycles. The summed E-state index contributed by atoms with van der Waals surface area (Å²) in [6, 6.07) is 4.60. The van der Waals surface area contributed by atoms with Crippen molar-refractivity contribution in [3.05, 3.63) is 23.8 Å². The maximum Gasteiger partial charge on any atom is 0.328 e. The van der Waals surface area contributed by atoms with E-state index in [-0.39, 0.29) is 23.5 Å². The number of hydrogen-bond donors (Lipinski definition) is 1. The van der Waals surface area contributed by atoms with Crippen molar-refractivity contribution in [2.45, 2.75) is 39.2 Å². The van der Waals surface area contributed by atoms with Gasteiger partial charge in [0.25, 0.3) is 0 Å². The van der Waals surface area contributed by atoms with Crippen LogP contribution in [0.3, 0.4) is 0 Å². The first-order valence-electron chi connectivity index (χ1n) is 7.31. The van der Waals surface area contributed by atoms with E-state index in [1.165, 1.54) is 6.92 Å². The van der Waals surface area contributed by atoms with Gasteiger partial charge in [-0.1, -0.05) is 0 Å². The molecule has 0 aromatic heterocycles. The van der Waals surface area contributed by atoms with Crippen LogP contribution < -0.4 is 4.90 Å². The van der Waals surface area contributed by atoms with Crippen molar-refractivity contribution >= 4 is 17.4 Å². The zero-order chi connectivity index (χ0) is 15.4. The van der Waals surface area contributed by atoms with Crippen LogP contribution in [0.5, 0.6) is 5.75 Å². The quantitative estimate of drug-likeness (QED) is 0.682. The third-order valence-corrected chi connectivity index (χ3v) is 3.75. The minimum absolute atomic E-state index is 0.0480. The number of phenolic OH excluding ortho intramolecular Hbond substituents is 1. The summed E-state index contributed by atoms with van der Waals surface area (Å²) in [5, 5.41) is 9.96. The lowest BCUT2D eigenvalue weighted by Crippen LogP contribution is -2.45. The normalized spacial score (nSPS) is 18.4. The molecule has 1 fully saturated rings. The number of anilines is 1. The van der Waals surface area contributed by atoms with Crippen molar-refractivity contribution < 1.29 is 19.4 Å². The average molecular weight is 291 g/mol. The van der Waals surface area contributed by atoms with Crippen molar-refractivity contribution in [3.63, 3.8) is 0 Å². The number of benzene rings is 1. The molecule has 0 spiro atoms. The zero-order valence-corrected chi connectivity index (χ0v) is 12.5. The van der Waals surface area contributed by atoms with E-state index in [0.29, 0.717) is 12.2 Å². The molecule has 1 heterocycles. The number of ether oxygens (including phenoxy) is 1. The summed E-state index contributed by atoms with van der Waals surface area (Å²) in [5.74, 6) is -0.458. The number of Topliss-reactive ketones (excluding diaryl/α,β-unsaturated/α-hetero) is 1. The molecule has 0 aliphatic carbocycles. The van der Waals surface area contributed by atoms with Gasteiger partial charge in [-0.25, -0.2) is 4.79 Å². The third-order valence-electron chi connectivity index (χ3n) is 3.75. The highest BCUT2D eigenvalue weighted by Crippen LogP contribution is 2.30. The molecule has 5 nitrogen and oxygen atoms in total. The van der Waals surface area contributed by atoms with Crippen LogP contribution in [0.4, 0.5) is 5.69 Å². The maximum absolute atomic E-state index is 12.1. The lowest BCUT2D eigenvalue weighted by atomic mass is 10.0. The fraction of sp³-hybridized carbons (Fsp3) is 0.500. The van der Waals surface area contributed by atoms with Crippen LogP contribution in [0, 0.1) is 0 Å². The number of carbonyl (C=O) groups is 2. The van der Waals surface area contributed by atoms with Crippen LogP contribution in [0.15, 0.2) is 18.2 Å². The Balaban J connectivity index is 2.27. The molecule has 1 saturated heterocycles. The maximum atomic E-state index is 12.1. The number of aromatic hydroxyl groups is 1. The predicted molar refractivity (Wildman–Crippen MR) is 79.7 cm³/mol. The molecule has 2 rings (SSSR count). The lowest BCUT2D eigenvalue weighted by molar-refractivity contribution is -0.145.